The Kier molecular flexibility index (Phi) is 5.05. The third kappa shape index (κ3) is 3.42. The van der Waals surface area contributed by atoms with Gasteiger partial charge in [0.25, 0.3) is 4.59 Å². The first-order chi connectivity index (χ1) is 9.02. The number of carboxylic acid groups (broad SMARTS) is 1. The van der Waals surface area contributed by atoms with E-state index in [0.29, 0.717) is 6.42 Å². The van der Waals surface area contributed by atoms with Gasteiger partial charge in [-0.2, -0.15) is 0 Å². The number of benzene rings is 1. The molecule has 0 heterocycles. The molecular weight excluding hydrogens is 330 g/mol. The molecule has 0 aromatic heterocycles. The number of halogens is 3. The van der Waals surface area contributed by atoms with E-state index in [-0.39, 0.29) is 16.9 Å². The van der Waals surface area contributed by atoms with E-state index in [1.54, 1.807) is 6.92 Å². The van der Waals surface area contributed by atoms with Gasteiger partial charge in [0.1, 0.15) is 0 Å². The maximum Gasteiger partial charge on any atom is 0.335 e. The second kappa shape index (κ2) is 5.87. The molecular formula is C12H13Cl2FO4S. The van der Waals surface area contributed by atoms with Crippen LogP contribution >= 0.6 is 23.2 Å². The van der Waals surface area contributed by atoms with E-state index in [9.17, 15) is 17.6 Å². The molecule has 0 bridgehead atoms. The minimum Gasteiger partial charge on any atom is -0.478 e. The number of alkyl halides is 3. The molecule has 0 aliphatic rings. The van der Waals surface area contributed by atoms with Crippen molar-refractivity contribution >= 4 is 39.0 Å². The van der Waals surface area contributed by atoms with Gasteiger partial charge in [-0.05, 0) is 25.0 Å². The lowest BCUT2D eigenvalue weighted by molar-refractivity contribution is 0.0695. The van der Waals surface area contributed by atoms with Gasteiger partial charge in [0, 0.05) is 5.56 Å². The number of hydrogen-bond donors (Lipinski definition) is 1. The fourth-order valence-electron chi connectivity index (χ4n) is 1.92. The molecule has 4 nitrogen and oxygen atoms in total. The average molecular weight is 343 g/mol. The van der Waals surface area contributed by atoms with Crippen LogP contribution in [0.15, 0.2) is 17.0 Å². The molecule has 0 fully saturated rings. The van der Waals surface area contributed by atoms with Crippen LogP contribution in [0.1, 0.15) is 34.8 Å². The second-order valence-electron chi connectivity index (χ2n) is 4.24. The predicted octanol–water partition coefficient (Wildman–Crippen LogP) is 3.43. The van der Waals surface area contributed by atoms with Crippen molar-refractivity contribution in [3.63, 3.8) is 0 Å². The number of aromatic carboxylic acids is 1. The smallest absolute Gasteiger partial charge is 0.335 e. The van der Waals surface area contributed by atoms with Gasteiger partial charge >= 0.3 is 5.97 Å². The maximum atomic E-state index is 13.8. The summed E-state index contributed by atoms with van der Waals surface area (Å²) >= 11 is 10.7. The van der Waals surface area contributed by atoms with Crippen LogP contribution in [-0.2, 0) is 14.4 Å². The Balaban J connectivity index is 3.76. The zero-order chi connectivity index (χ0) is 15.7. The molecule has 1 rings (SSSR count). The fourth-order valence-corrected chi connectivity index (χ4v) is 4.21. The van der Waals surface area contributed by atoms with Crippen molar-refractivity contribution in [2.45, 2.75) is 29.8 Å². The van der Waals surface area contributed by atoms with Crippen molar-refractivity contribution in [1.82, 2.24) is 0 Å². The lowest BCUT2D eigenvalue weighted by atomic mass is 10.1. The largest absolute Gasteiger partial charge is 0.478 e. The third-order valence-corrected chi connectivity index (χ3v) is 5.23. The van der Waals surface area contributed by atoms with Crippen molar-refractivity contribution in [2.75, 3.05) is 5.75 Å². The first kappa shape index (κ1) is 17.2. The summed E-state index contributed by atoms with van der Waals surface area (Å²) in [4.78, 5) is 10.6. The predicted molar refractivity (Wildman–Crippen MR) is 75.0 cm³/mol. The summed E-state index contributed by atoms with van der Waals surface area (Å²) in [6, 6.07) is 2.07. The van der Waals surface area contributed by atoms with Gasteiger partial charge in [-0.25, -0.2) is 17.6 Å². The van der Waals surface area contributed by atoms with E-state index in [2.05, 4.69) is 0 Å². The molecule has 0 saturated carbocycles. The minimum absolute atomic E-state index is 0.0771. The van der Waals surface area contributed by atoms with Gasteiger partial charge in [0.15, 0.2) is 9.84 Å². The molecule has 20 heavy (non-hydrogen) atoms. The van der Waals surface area contributed by atoms with Crippen molar-refractivity contribution in [1.29, 1.82) is 0 Å². The monoisotopic (exact) mass is 342 g/mol. The Hall–Kier alpha value is -0.850. The van der Waals surface area contributed by atoms with E-state index >= 15 is 0 Å². The Bertz CT molecular complexity index is 636. The Morgan fingerprint density at radius 1 is 1.40 bits per heavy atom. The summed E-state index contributed by atoms with van der Waals surface area (Å²) < 4.78 is 35.3. The molecule has 0 atom stereocenters. The molecule has 0 saturated heterocycles. The summed E-state index contributed by atoms with van der Waals surface area (Å²) in [5, 5.41) is 9.02. The molecule has 0 aliphatic heterocycles. The van der Waals surface area contributed by atoms with Gasteiger partial charge in [-0.15, -0.1) is 0 Å². The van der Waals surface area contributed by atoms with Crippen molar-refractivity contribution in [2.24, 2.45) is 0 Å². The number of sulfone groups is 1. The van der Waals surface area contributed by atoms with Crippen LogP contribution in [0.3, 0.4) is 0 Å². The first-order valence-electron chi connectivity index (χ1n) is 5.69. The van der Waals surface area contributed by atoms with E-state index in [0.717, 1.165) is 12.1 Å². The number of rotatable bonds is 5. The second-order valence-corrected chi connectivity index (χ2v) is 7.52. The standard InChI is InChI=1S/C12H13Cl2FO4S/c1-3-6-20(18,19)10-7(2)8(11(16)17)4-5-9(10)12(13,14)15/h4-5H,3,6H2,1-2H3,(H,16,17). The molecule has 1 aromatic carbocycles. The summed E-state index contributed by atoms with van der Waals surface area (Å²) in [5.41, 5.74) is -0.774. The van der Waals surface area contributed by atoms with Gasteiger partial charge in [0.05, 0.1) is 16.2 Å². The van der Waals surface area contributed by atoms with Crippen LogP contribution in [0.2, 0.25) is 0 Å². The van der Waals surface area contributed by atoms with E-state index in [4.69, 9.17) is 28.3 Å². The zero-order valence-corrected chi connectivity index (χ0v) is 13.1. The molecule has 1 N–H and O–H groups in total. The van der Waals surface area contributed by atoms with Crippen LogP contribution < -0.4 is 0 Å². The van der Waals surface area contributed by atoms with Gasteiger partial charge in [-0.1, -0.05) is 36.2 Å². The van der Waals surface area contributed by atoms with E-state index in [1.165, 1.54) is 6.92 Å². The van der Waals surface area contributed by atoms with Crippen molar-refractivity contribution in [3.05, 3.63) is 28.8 Å². The summed E-state index contributed by atoms with van der Waals surface area (Å²) in [6.45, 7) is 2.92. The average Bonchev–Trinajstić information content (AvgIpc) is 2.26. The quantitative estimate of drug-likeness (QED) is 0.832. The fraction of sp³-hybridized carbons (Fsp3) is 0.417. The summed E-state index contributed by atoms with van der Waals surface area (Å²) in [5.74, 6) is -1.57. The Morgan fingerprint density at radius 3 is 2.35 bits per heavy atom. The summed E-state index contributed by atoms with van der Waals surface area (Å²) in [6.07, 6.45) is 0.294. The highest BCUT2D eigenvalue weighted by molar-refractivity contribution is 7.91. The van der Waals surface area contributed by atoms with Crippen LogP contribution in [0.4, 0.5) is 4.39 Å². The number of carbonyl (C=O) groups is 1. The molecule has 0 radical (unpaired) electrons. The molecule has 8 heteroatoms. The third-order valence-electron chi connectivity index (χ3n) is 2.73. The normalized spacial score (nSPS) is 12.4. The maximum absolute atomic E-state index is 13.8. The SMILES string of the molecule is CCCS(=O)(=O)c1c(C(F)(Cl)Cl)ccc(C(=O)O)c1C. The highest BCUT2D eigenvalue weighted by atomic mass is 35.5. The highest BCUT2D eigenvalue weighted by Gasteiger charge is 2.35. The minimum atomic E-state index is -3.88. The molecule has 0 spiro atoms. The van der Waals surface area contributed by atoms with Gasteiger partial charge in [0.2, 0.25) is 0 Å². The Morgan fingerprint density at radius 2 is 1.95 bits per heavy atom. The lowest BCUT2D eigenvalue weighted by Crippen LogP contribution is -2.18. The molecule has 0 unspecified atom stereocenters. The molecule has 0 amide bonds. The highest BCUT2D eigenvalue weighted by Crippen LogP contribution is 2.41. The molecule has 1 aromatic rings. The van der Waals surface area contributed by atoms with E-state index in [1.807, 2.05) is 0 Å². The van der Waals surface area contributed by atoms with Crippen molar-refractivity contribution in [3.8, 4) is 0 Å². The van der Waals surface area contributed by atoms with Crippen molar-refractivity contribution < 1.29 is 22.7 Å². The first-order valence-corrected chi connectivity index (χ1v) is 8.10. The molecule has 112 valence electrons. The zero-order valence-electron chi connectivity index (χ0n) is 10.8. The molecule has 0 aliphatic carbocycles. The summed E-state index contributed by atoms with van der Waals surface area (Å²) in [7, 11) is -3.88. The van der Waals surface area contributed by atoms with Crippen LogP contribution in [0.5, 0.6) is 0 Å². The van der Waals surface area contributed by atoms with E-state index < -0.39 is 30.9 Å². The van der Waals surface area contributed by atoms with Gasteiger partial charge in [-0.3, -0.25) is 0 Å². The topological polar surface area (TPSA) is 71.4 Å². The number of carboxylic acids is 1. The number of hydrogen-bond acceptors (Lipinski definition) is 3. The van der Waals surface area contributed by atoms with Crippen LogP contribution in [0.25, 0.3) is 0 Å². The van der Waals surface area contributed by atoms with Gasteiger partial charge < -0.3 is 5.11 Å². The van der Waals surface area contributed by atoms with Crippen LogP contribution in [0, 0.1) is 6.92 Å². The Labute approximate surface area is 126 Å². The van der Waals surface area contributed by atoms with Crippen LogP contribution in [-0.4, -0.2) is 25.2 Å². The lowest BCUT2D eigenvalue weighted by Gasteiger charge is -2.18.